The van der Waals surface area contributed by atoms with Gasteiger partial charge in [0.1, 0.15) is 5.69 Å². The summed E-state index contributed by atoms with van der Waals surface area (Å²) in [7, 11) is 3.19. The number of aryl methyl sites for hydroxylation is 2. The van der Waals surface area contributed by atoms with Crippen molar-refractivity contribution in [3.63, 3.8) is 0 Å². The summed E-state index contributed by atoms with van der Waals surface area (Å²) < 4.78 is 7.39. The van der Waals surface area contributed by atoms with Crippen molar-refractivity contribution >= 4 is 38.7 Å². The van der Waals surface area contributed by atoms with E-state index < -0.39 is 6.04 Å². The first-order chi connectivity index (χ1) is 12.9. The standard InChI is InChI=1S/C21H21BrN2O3/c1-13-8-10-14(11-9-13)16(12-18(25)27-3)23-21(26)20-19(22)15-6-4-5-7-17(15)24(20)2/h4-11,16H,12H2,1-3H3,(H,23,26). The van der Waals surface area contributed by atoms with E-state index in [1.54, 1.807) is 0 Å². The van der Waals surface area contributed by atoms with Crippen LogP contribution in [0.15, 0.2) is 53.0 Å². The number of ether oxygens (including phenoxy) is 1. The Kier molecular flexibility index (Phi) is 5.65. The average Bonchev–Trinajstić information content (AvgIpc) is 2.92. The zero-order valence-electron chi connectivity index (χ0n) is 15.5. The molecule has 0 bridgehead atoms. The molecule has 0 aliphatic rings. The highest BCUT2D eigenvalue weighted by Gasteiger charge is 2.24. The summed E-state index contributed by atoms with van der Waals surface area (Å²) in [5.74, 6) is -0.632. The molecule has 0 radical (unpaired) electrons. The fourth-order valence-electron chi connectivity index (χ4n) is 3.13. The zero-order chi connectivity index (χ0) is 19.6. The molecule has 0 aliphatic heterocycles. The molecule has 0 saturated carbocycles. The Morgan fingerprint density at radius 2 is 1.81 bits per heavy atom. The number of rotatable bonds is 5. The van der Waals surface area contributed by atoms with E-state index in [0.29, 0.717) is 5.69 Å². The quantitative estimate of drug-likeness (QED) is 0.616. The van der Waals surface area contributed by atoms with Gasteiger partial charge in [0.05, 0.1) is 24.0 Å². The fraction of sp³-hybridized carbons (Fsp3) is 0.238. The van der Waals surface area contributed by atoms with Gasteiger partial charge in [0, 0.05) is 18.0 Å². The number of esters is 1. The van der Waals surface area contributed by atoms with Crippen molar-refractivity contribution in [3.8, 4) is 0 Å². The van der Waals surface area contributed by atoms with Gasteiger partial charge in [-0.25, -0.2) is 0 Å². The van der Waals surface area contributed by atoms with Crippen LogP contribution in [0.1, 0.15) is 34.1 Å². The fourth-order valence-corrected chi connectivity index (χ4v) is 3.91. The van der Waals surface area contributed by atoms with Gasteiger partial charge in [0.25, 0.3) is 5.91 Å². The minimum absolute atomic E-state index is 0.0624. The first-order valence-corrected chi connectivity index (χ1v) is 9.38. The van der Waals surface area contributed by atoms with Gasteiger partial charge < -0.3 is 14.6 Å². The maximum Gasteiger partial charge on any atom is 0.307 e. The van der Waals surface area contributed by atoms with Crippen molar-refractivity contribution in [2.24, 2.45) is 7.05 Å². The van der Waals surface area contributed by atoms with Crippen LogP contribution in [0.2, 0.25) is 0 Å². The molecular formula is C21H21BrN2O3. The molecule has 0 spiro atoms. The Bertz CT molecular complexity index is 954. The number of hydrogen-bond acceptors (Lipinski definition) is 3. The smallest absolute Gasteiger partial charge is 0.307 e. The lowest BCUT2D eigenvalue weighted by Crippen LogP contribution is -2.32. The second-order valence-electron chi connectivity index (χ2n) is 6.46. The number of para-hydroxylation sites is 1. The molecule has 2 aromatic carbocycles. The first kappa shape index (κ1) is 19.2. The molecule has 1 amide bonds. The molecule has 0 saturated heterocycles. The number of nitrogens with one attached hydrogen (secondary N) is 1. The molecule has 1 N–H and O–H groups in total. The summed E-state index contributed by atoms with van der Waals surface area (Å²) in [5.41, 5.74) is 3.43. The molecule has 140 valence electrons. The zero-order valence-corrected chi connectivity index (χ0v) is 17.0. The number of fused-ring (bicyclic) bond motifs is 1. The lowest BCUT2D eigenvalue weighted by Gasteiger charge is -2.19. The number of halogens is 1. The van der Waals surface area contributed by atoms with Crippen molar-refractivity contribution < 1.29 is 14.3 Å². The van der Waals surface area contributed by atoms with Crippen molar-refractivity contribution in [2.75, 3.05) is 7.11 Å². The predicted octanol–water partition coefficient (Wildman–Crippen LogP) is 4.28. The van der Waals surface area contributed by atoms with Gasteiger partial charge in [0.15, 0.2) is 0 Å². The Morgan fingerprint density at radius 3 is 2.44 bits per heavy atom. The lowest BCUT2D eigenvalue weighted by molar-refractivity contribution is -0.141. The van der Waals surface area contributed by atoms with E-state index in [1.807, 2.05) is 67.1 Å². The van der Waals surface area contributed by atoms with Gasteiger partial charge in [-0.1, -0.05) is 48.0 Å². The van der Waals surface area contributed by atoms with Crippen LogP contribution in [0.25, 0.3) is 10.9 Å². The maximum absolute atomic E-state index is 13.1. The van der Waals surface area contributed by atoms with Crippen LogP contribution in [-0.2, 0) is 16.6 Å². The maximum atomic E-state index is 13.1. The molecule has 3 rings (SSSR count). The molecule has 27 heavy (non-hydrogen) atoms. The van der Waals surface area contributed by atoms with Gasteiger partial charge in [-0.15, -0.1) is 0 Å². The van der Waals surface area contributed by atoms with Gasteiger partial charge >= 0.3 is 5.97 Å². The third-order valence-electron chi connectivity index (χ3n) is 4.64. The van der Waals surface area contributed by atoms with Crippen LogP contribution in [-0.4, -0.2) is 23.6 Å². The van der Waals surface area contributed by atoms with E-state index >= 15 is 0 Å². The third-order valence-corrected chi connectivity index (χ3v) is 5.45. The van der Waals surface area contributed by atoms with E-state index in [0.717, 1.165) is 26.5 Å². The second kappa shape index (κ2) is 7.96. The number of amides is 1. The van der Waals surface area contributed by atoms with Crippen molar-refractivity contribution in [2.45, 2.75) is 19.4 Å². The topological polar surface area (TPSA) is 60.3 Å². The first-order valence-electron chi connectivity index (χ1n) is 8.59. The van der Waals surface area contributed by atoms with E-state index in [4.69, 9.17) is 4.74 Å². The number of benzene rings is 2. The Morgan fingerprint density at radius 1 is 1.15 bits per heavy atom. The van der Waals surface area contributed by atoms with Gasteiger partial charge in [-0.2, -0.15) is 0 Å². The third kappa shape index (κ3) is 3.90. The van der Waals surface area contributed by atoms with E-state index in [9.17, 15) is 9.59 Å². The largest absolute Gasteiger partial charge is 0.469 e. The minimum Gasteiger partial charge on any atom is -0.469 e. The summed E-state index contributed by atoms with van der Waals surface area (Å²) in [6.45, 7) is 1.99. The average molecular weight is 429 g/mol. The number of methoxy groups -OCH3 is 1. The predicted molar refractivity (Wildman–Crippen MR) is 109 cm³/mol. The van der Waals surface area contributed by atoms with Crippen LogP contribution >= 0.6 is 15.9 Å². The molecule has 1 atom stereocenters. The van der Waals surface area contributed by atoms with E-state index in [2.05, 4.69) is 21.2 Å². The second-order valence-corrected chi connectivity index (χ2v) is 7.25. The number of carbonyl (C=O) groups excluding carboxylic acids is 2. The molecule has 1 unspecified atom stereocenters. The Hall–Kier alpha value is -2.60. The van der Waals surface area contributed by atoms with Crippen LogP contribution in [0.5, 0.6) is 0 Å². The van der Waals surface area contributed by atoms with Crippen molar-refractivity contribution in [1.82, 2.24) is 9.88 Å². The minimum atomic E-state index is -0.476. The summed E-state index contributed by atoms with van der Waals surface area (Å²) in [5, 5.41) is 3.95. The van der Waals surface area contributed by atoms with Crippen molar-refractivity contribution in [1.29, 1.82) is 0 Å². The molecule has 3 aromatic rings. The number of hydrogen-bond donors (Lipinski definition) is 1. The molecule has 5 nitrogen and oxygen atoms in total. The molecule has 0 aliphatic carbocycles. The van der Waals surface area contributed by atoms with Crippen LogP contribution in [0.4, 0.5) is 0 Å². The highest BCUT2D eigenvalue weighted by atomic mass is 79.9. The highest BCUT2D eigenvalue weighted by Crippen LogP contribution is 2.31. The van der Waals surface area contributed by atoms with Crippen LogP contribution < -0.4 is 5.32 Å². The Labute approximate surface area is 166 Å². The number of aromatic nitrogens is 1. The SMILES string of the molecule is COC(=O)CC(NC(=O)c1c(Br)c2ccccc2n1C)c1ccc(C)cc1. The highest BCUT2D eigenvalue weighted by molar-refractivity contribution is 9.10. The normalized spacial score (nSPS) is 12.0. The molecule has 1 aromatic heterocycles. The van der Waals surface area contributed by atoms with Crippen LogP contribution in [0, 0.1) is 6.92 Å². The Balaban J connectivity index is 1.95. The summed E-state index contributed by atoms with van der Waals surface area (Å²) in [4.78, 5) is 24.9. The molecule has 1 heterocycles. The molecule has 6 heteroatoms. The van der Waals surface area contributed by atoms with Crippen molar-refractivity contribution in [3.05, 3.63) is 69.8 Å². The molecule has 0 fully saturated rings. The van der Waals surface area contributed by atoms with E-state index in [-0.39, 0.29) is 18.3 Å². The number of carbonyl (C=O) groups is 2. The summed E-state index contributed by atoms with van der Waals surface area (Å²) in [6, 6.07) is 15.1. The number of nitrogens with zero attached hydrogens (tertiary/aromatic N) is 1. The monoisotopic (exact) mass is 428 g/mol. The van der Waals surface area contributed by atoms with E-state index in [1.165, 1.54) is 7.11 Å². The van der Waals surface area contributed by atoms with Gasteiger partial charge in [-0.05, 0) is 34.5 Å². The van der Waals surface area contributed by atoms with Gasteiger partial charge in [-0.3, -0.25) is 9.59 Å². The lowest BCUT2D eigenvalue weighted by atomic mass is 10.0. The molecular weight excluding hydrogens is 408 g/mol. The summed E-state index contributed by atoms with van der Waals surface area (Å²) >= 11 is 3.55. The van der Waals surface area contributed by atoms with Gasteiger partial charge in [0.2, 0.25) is 0 Å². The van der Waals surface area contributed by atoms with Crippen LogP contribution in [0.3, 0.4) is 0 Å². The summed E-state index contributed by atoms with van der Waals surface area (Å²) in [6.07, 6.45) is 0.0624.